The van der Waals surface area contributed by atoms with Crippen molar-refractivity contribution in [3.05, 3.63) is 40.5 Å². The van der Waals surface area contributed by atoms with Crippen LogP contribution < -0.4 is 0 Å². The highest BCUT2D eigenvalue weighted by Gasteiger charge is 2.69. The second-order valence-corrected chi connectivity index (χ2v) is 8.81. The number of carbonyl (C=O) groups excluding carboxylic acids is 1. The van der Waals surface area contributed by atoms with Gasteiger partial charge in [-0.1, -0.05) is 50.1 Å². The fourth-order valence-corrected chi connectivity index (χ4v) is 5.87. The number of ether oxygens (including phenoxy) is 1. The van der Waals surface area contributed by atoms with Gasteiger partial charge < -0.3 is 4.74 Å². The lowest BCUT2D eigenvalue weighted by molar-refractivity contribution is -0.152. The van der Waals surface area contributed by atoms with Gasteiger partial charge in [0.25, 0.3) is 0 Å². The number of aliphatic imine (C=N–C) groups is 1. The number of rotatable bonds is 4. The molecule has 0 radical (unpaired) electrons. The van der Waals surface area contributed by atoms with Crippen LogP contribution in [0.15, 0.2) is 34.3 Å². The number of fused-ring (bicyclic) bond motifs is 2. The second kappa shape index (κ2) is 6.61. The number of allylic oxidation sites excluding steroid dienone is 2. The average Bonchev–Trinajstić information content (AvgIpc) is 2.87. The van der Waals surface area contributed by atoms with Gasteiger partial charge in [-0.05, 0) is 51.7 Å². The number of esters is 1. The molecular formula is C24H33NO2. The average molecular weight is 368 g/mol. The van der Waals surface area contributed by atoms with Crippen LogP contribution in [0.4, 0.5) is 5.69 Å². The van der Waals surface area contributed by atoms with E-state index in [1.165, 1.54) is 11.1 Å². The summed E-state index contributed by atoms with van der Waals surface area (Å²) in [6.07, 6.45) is 2.05. The summed E-state index contributed by atoms with van der Waals surface area (Å²) in [5.41, 5.74) is 5.86. The first-order chi connectivity index (χ1) is 12.6. The minimum atomic E-state index is -0.186. The van der Waals surface area contributed by atoms with Crippen molar-refractivity contribution < 1.29 is 9.53 Å². The van der Waals surface area contributed by atoms with Gasteiger partial charge in [-0.2, -0.15) is 0 Å². The number of hydrogen-bond acceptors (Lipinski definition) is 3. The molecule has 3 rings (SSSR count). The Balaban J connectivity index is 2.12. The van der Waals surface area contributed by atoms with Crippen molar-refractivity contribution in [2.24, 2.45) is 33.6 Å². The zero-order chi connectivity index (χ0) is 20.1. The zero-order valence-corrected chi connectivity index (χ0v) is 18.0. The summed E-state index contributed by atoms with van der Waals surface area (Å²) in [6, 6.07) is 6.23. The quantitative estimate of drug-likeness (QED) is 0.382. The standard InChI is InChI=1S/C24H33NO2/c1-9-27-22(26)20-19(13-25-21-14(2)11-10-12-15(21)3)23(7)16(4)17(5)24(20,8)18(23)6/h10-13,18-20H,9H2,1-8H3. The van der Waals surface area contributed by atoms with Crippen LogP contribution in [-0.2, 0) is 9.53 Å². The third-order valence-corrected chi connectivity index (χ3v) is 8.02. The molecule has 0 amide bonds. The van der Waals surface area contributed by atoms with Crippen LogP contribution in [-0.4, -0.2) is 18.8 Å². The molecule has 1 aromatic carbocycles. The molecule has 1 saturated carbocycles. The molecule has 0 N–H and O–H groups in total. The molecule has 0 aromatic heterocycles. The van der Waals surface area contributed by atoms with Gasteiger partial charge in [0.1, 0.15) is 0 Å². The van der Waals surface area contributed by atoms with E-state index >= 15 is 0 Å². The van der Waals surface area contributed by atoms with Crippen LogP contribution in [0.3, 0.4) is 0 Å². The highest BCUT2D eigenvalue weighted by atomic mass is 16.5. The molecule has 0 saturated heterocycles. The largest absolute Gasteiger partial charge is 0.466 e. The SMILES string of the molecule is CCOC(=O)C1C(C=Nc2c(C)cccc2C)C2(C)C(C)=C(C)C1(C)C2C. The van der Waals surface area contributed by atoms with E-state index in [-0.39, 0.29) is 28.6 Å². The molecule has 3 nitrogen and oxygen atoms in total. The van der Waals surface area contributed by atoms with Gasteiger partial charge in [0.05, 0.1) is 18.2 Å². The van der Waals surface area contributed by atoms with E-state index in [1.807, 2.05) is 6.92 Å². The molecule has 146 valence electrons. The molecule has 1 fully saturated rings. The molecule has 3 heteroatoms. The van der Waals surface area contributed by atoms with E-state index in [9.17, 15) is 4.79 Å². The third-order valence-electron chi connectivity index (χ3n) is 8.02. The third kappa shape index (κ3) is 2.54. The highest BCUT2D eigenvalue weighted by Crippen LogP contribution is 2.71. The van der Waals surface area contributed by atoms with Gasteiger partial charge in [0.2, 0.25) is 0 Å². The maximum atomic E-state index is 13.0. The minimum absolute atomic E-state index is 0.0410. The fraction of sp³-hybridized carbons (Fsp3) is 0.583. The van der Waals surface area contributed by atoms with E-state index in [0.29, 0.717) is 12.5 Å². The van der Waals surface area contributed by atoms with Crippen LogP contribution >= 0.6 is 0 Å². The van der Waals surface area contributed by atoms with Crippen molar-refractivity contribution in [3.63, 3.8) is 0 Å². The Hall–Kier alpha value is -1.90. The smallest absolute Gasteiger partial charge is 0.310 e. The first-order valence-corrected chi connectivity index (χ1v) is 10.1. The van der Waals surface area contributed by atoms with Crippen molar-refractivity contribution >= 4 is 17.9 Å². The predicted octanol–water partition coefficient (Wildman–Crippen LogP) is 5.81. The number of nitrogens with zero attached hydrogens (tertiary/aromatic N) is 1. The molecule has 2 aliphatic carbocycles. The van der Waals surface area contributed by atoms with Crippen molar-refractivity contribution in [2.75, 3.05) is 6.61 Å². The Morgan fingerprint density at radius 1 is 1.11 bits per heavy atom. The summed E-state index contributed by atoms with van der Waals surface area (Å²) >= 11 is 0. The summed E-state index contributed by atoms with van der Waals surface area (Å²) in [5.74, 6) is 0.141. The zero-order valence-electron chi connectivity index (χ0n) is 18.0. The first-order valence-electron chi connectivity index (χ1n) is 10.1. The molecule has 5 unspecified atom stereocenters. The van der Waals surface area contributed by atoms with E-state index in [4.69, 9.17) is 9.73 Å². The minimum Gasteiger partial charge on any atom is -0.466 e. The molecule has 5 atom stereocenters. The maximum Gasteiger partial charge on any atom is 0.310 e. The lowest BCUT2D eigenvalue weighted by Gasteiger charge is -2.38. The summed E-state index contributed by atoms with van der Waals surface area (Å²) < 4.78 is 5.53. The van der Waals surface area contributed by atoms with Crippen LogP contribution in [0.2, 0.25) is 0 Å². The van der Waals surface area contributed by atoms with Crippen molar-refractivity contribution in [3.8, 4) is 0 Å². The van der Waals surface area contributed by atoms with E-state index in [1.54, 1.807) is 0 Å². The van der Waals surface area contributed by atoms with Gasteiger partial charge in [0, 0.05) is 23.0 Å². The molecule has 0 aliphatic heterocycles. The van der Waals surface area contributed by atoms with E-state index in [2.05, 4.69) is 72.9 Å². The summed E-state index contributed by atoms with van der Waals surface area (Å²) in [7, 11) is 0. The Bertz CT molecular complexity index is 817. The van der Waals surface area contributed by atoms with Gasteiger partial charge in [-0.3, -0.25) is 9.79 Å². The predicted molar refractivity (Wildman–Crippen MR) is 111 cm³/mol. The highest BCUT2D eigenvalue weighted by molar-refractivity contribution is 5.84. The summed E-state index contributed by atoms with van der Waals surface area (Å²) in [5, 5.41) is 0. The number of para-hydroxylation sites is 1. The normalized spacial score (nSPS) is 35.3. The van der Waals surface area contributed by atoms with E-state index < -0.39 is 0 Å². The Labute approximate surface area is 163 Å². The lowest BCUT2D eigenvalue weighted by Crippen LogP contribution is -2.40. The first kappa shape index (κ1) is 19.9. The topological polar surface area (TPSA) is 38.7 Å². The molecule has 0 spiro atoms. The van der Waals surface area contributed by atoms with Gasteiger partial charge >= 0.3 is 5.97 Å². The van der Waals surface area contributed by atoms with Crippen LogP contribution in [0.5, 0.6) is 0 Å². The number of aryl methyl sites for hydroxylation is 2. The van der Waals surface area contributed by atoms with Crippen LogP contribution in [0, 0.1) is 42.4 Å². The number of carbonyl (C=O) groups is 1. The van der Waals surface area contributed by atoms with Crippen LogP contribution in [0.25, 0.3) is 0 Å². The summed E-state index contributed by atoms with van der Waals surface area (Å²) in [4.78, 5) is 17.9. The van der Waals surface area contributed by atoms with Crippen molar-refractivity contribution in [1.82, 2.24) is 0 Å². The van der Waals surface area contributed by atoms with E-state index in [0.717, 1.165) is 16.8 Å². The van der Waals surface area contributed by atoms with Crippen LogP contribution in [0.1, 0.15) is 52.7 Å². The van der Waals surface area contributed by atoms with Gasteiger partial charge in [-0.25, -0.2) is 0 Å². The Kier molecular flexibility index (Phi) is 4.86. The lowest BCUT2D eigenvalue weighted by atomic mass is 9.66. The fourth-order valence-electron chi connectivity index (χ4n) is 5.87. The monoisotopic (exact) mass is 367 g/mol. The van der Waals surface area contributed by atoms with Crippen molar-refractivity contribution in [1.29, 1.82) is 0 Å². The molecular weight excluding hydrogens is 334 g/mol. The maximum absolute atomic E-state index is 13.0. The molecule has 0 heterocycles. The van der Waals surface area contributed by atoms with Gasteiger partial charge in [0.15, 0.2) is 0 Å². The Morgan fingerprint density at radius 3 is 2.22 bits per heavy atom. The second-order valence-electron chi connectivity index (χ2n) is 8.81. The van der Waals surface area contributed by atoms with Crippen molar-refractivity contribution in [2.45, 2.75) is 55.4 Å². The number of hydrogen-bond donors (Lipinski definition) is 0. The molecule has 1 aromatic rings. The summed E-state index contributed by atoms with van der Waals surface area (Å²) in [6.45, 7) is 17.7. The number of benzene rings is 1. The Morgan fingerprint density at radius 2 is 1.67 bits per heavy atom. The molecule has 2 aliphatic rings. The van der Waals surface area contributed by atoms with Gasteiger partial charge in [-0.15, -0.1) is 0 Å². The molecule has 2 bridgehead atoms. The molecule has 27 heavy (non-hydrogen) atoms.